The second-order valence-electron chi connectivity index (χ2n) is 9.22. The molecule has 0 aliphatic heterocycles. The quantitative estimate of drug-likeness (QED) is 0.208. The Labute approximate surface area is 205 Å². The first-order valence-corrected chi connectivity index (χ1v) is 11.7. The van der Waals surface area contributed by atoms with Crippen molar-refractivity contribution in [1.82, 2.24) is 19.5 Å². The van der Waals surface area contributed by atoms with E-state index >= 15 is 0 Å². The number of alkyl halides is 3. The molecule has 8 nitrogen and oxygen atoms in total. The lowest BCUT2D eigenvalue weighted by Crippen LogP contribution is -2.33. The molecule has 1 aliphatic carbocycles. The molecule has 3 heterocycles. The van der Waals surface area contributed by atoms with Crippen molar-refractivity contribution in [2.45, 2.75) is 45.3 Å². The number of rotatable bonds is 6. The smallest absolute Gasteiger partial charge is 0.406 e. The highest BCUT2D eigenvalue weighted by atomic mass is 35.5. The average Bonchev–Trinajstić information content (AvgIpc) is 3.16. The van der Waals surface area contributed by atoms with Gasteiger partial charge in [-0.1, -0.05) is 36.5 Å². The predicted molar refractivity (Wildman–Crippen MR) is 129 cm³/mol. The van der Waals surface area contributed by atoms with Gasteiger partial charge in [-0.3, -0.25) is 4.98 Å². The summed E-state index contributed by atoms with van der Waals surface area (Å²) in [7, 11) is 1.37. The summed E-state index contributed by atoms with van der Waals surface area (Å²) in [4.78, 5) is 14.4. The summed E-state index contributed by atoms with van der Waals surface area (Å²) < 4.78 is 41.7. The number of aromatic nitrogens is 4. The summed E-state index contributed by atoms with van der Waals surface area (Å²) in [6.45, 7) is 1.55. The Kier molecular flexibility index (Phi) is 7.07. The number of fused-ring (bicyclic) bond motifs is 1. The zero-order valence-corrected chi connectivity index (χ0v) is 20.2. The van der Waals surface area contributed by atoms with Gasteiger partial charge in [0.15, 0.2) is 5.84 Å². The van der Waals surface area contributed by atoms with Crippen molar-refractivity contribution in [1.29, 1.82) is 0 Å². The lowest BCUT2D eigenvalue weighted by atomic mass is 9.83. The van der Waals surface area contributed by atoms with Crippen molar-refractivity contribution in [3.05, 3.63) is 35.2 Å². The third kappa shape index (κ3) is 5.61. The molecule has 3 aromatic rings. The van der Waals surface area contributed by atoms with Crippen molar-refractivity contribution >= 4 is 34.4 Å². The van der Waals surface area contributed by atoms with Gasteiger partial charge in [0.05, 0.1) is 21.7 Å². The van der Waals surface area contributed by atoms with Gasteiger partial charge in [-0.05, 0) is 36.8 Å². The number of hydrogen-bond acceptors (Lipinski definition) is 6. The van der Waals surface area contributed by atoms with Crippen molar-refractivity contribution in [3.8, 4) is 11.3 Å². The second kappa shape index (κ2) is 9.88. The number of imidazole rings is 1. The molecule has 1 fully saturated rings. The number of nitrogens with zero attached hydrogens (tertiary/aromatic N) is 6. The first-order valence-electron chi connectivity index (χ1n) is 11.3. The fourth-order valence-electron chi connectivity index (χ4n) is 4.64. The molecule has 0 radical (unpaired) electrons. The normalized spacial score (nSPS) is 19.3. The van der Waals surface area contributed by atoms with Crippen LogP contribution in [0.3, 0.4) is 0 Å². The fraction of sp³-hybridized carbons (Fsp3) is 0.478. The first kappa shape index (κ1) is 25.0. The average molecular weight is 510 g/mol. The predicted octanol–water partition coefficient (Wildman–Crippen LogP) is 5.07. The number of amidine groups is 1. The minimum atomic E-state index is -4.41. The van der Waals surface area contributed by atoms with Crippen LogP contribution in [0.2, 0.25) is 5.02 Å². The zero-order valence-electron chi connectivity index (χ0n) is 19.4. The zero-order chi connectivity index (χ0) is 25.3. The van der Waals surface area contributed by atoms with Gasteiger partial charge < -0.3 is 20.4 Å². The molecule has 0 bridgehead atoms. The van der Waals surface area contributed by atoms with Crippen LogP contribution in [0.1, 0.15) is 38.3 Å². The minimum absolute atomic E-state index is 0.135. The maximum atomic E-state index is 13.3. The van der Waals surface area contributed by atoms with E-state index in [1.807, 2.05) is 0 Å². The lowest BCUT2D eigenvalue weighted by Gasteiger charge is -2.28. The highest BCUT2D eigenvalue weighted by Crippen LogP contribution is 2.36. The van der Waals surface area contributed by atoms with E-state index in [1.54, 1.807) is 16.8 Å². The van der Waals surface area contributed by atoms with Crippen LogP contribution in [-0.4, -0.2) is 50.3 Å². The molecule has 0 atom stereocenters. The van der Waals surface area contributed by atoms with Gasteiger partial charge in [-0.2, -0.15) is 13.2 Å². The lowest BCUT2D eigenvalue weighted by molar-refractivity contribution is -0.119. The van der Waals surface area contributed by atoms with Gasteiger partial charge in [0, 0.05) is 31.5 Å². The second-order valence-corrected chi connectivity index (χ2v) is 9.66. The van der Waals surface area contributed by atoms with E-state index in [-0.39, 0.29) is 23.4 Å². The molecule has 0 spiro atoms. The summed E-state index contributed by atoms with van der Waals surface area (Å²) in [5, 5.41) is 12.6. The maximum absolute atomic E-state index is 13.3. The van der Waals surface area contributed by atoms with Crippen LogP contribution in [0, 0.1) is 11.8 Å². The van der Waals surface area contributed by atoms with E-state index in [0.29, 0.717) is 39.8 Å². The van der Waals surface area contributed by atoms with Gasteiger partial charge in [-0.25, -0.2) is 9.97 Å². The third-order valence-corrected chi connectivity index (χ3v) is 6.59. The van der Waals surface area contributed by atoms with Gasteiger partial charge >= 0.3 is 6.18 Å². The number of halogens is 4. The monoisotopic (exact) mass is 509 g/mol. The van der Waals surface area contributed by atoms with Crippen molar-refractivity contribution in [3.63, 3.8) is 0 Å². The van der Waals surface area contributed by atoms with E-state index in [1.165, 1.54) is 19.3 Å². The van der Waals surface area contributed by atoms with E-state index in [9.17, 15) is 18.4 Å². The summed E-state index contributed by atoms with van der Waals surface area (Å²) in [5.74, 6) is 0.849. The molecule has 4 rings (SSSR count). The number of pyridine rings is 2. The molecular weight excluding hydrogens is 483 g/mol. The third-order valence-electron chi connectivity index (χ3n) is 6.39. The number of hydrogen-bond donors (Lipinski definition) is 2. The highest BCUT2D eigenvalue weighted by molar-refractivity contribution is 6.30. The Hall–Kier alpha value is -3.08. The summed E-state index contributed by atoms with van der Waals surface area (Å²) in [5.41, 5.74) is 7.81. The van der Waals surface area contributed by atoms with Crippen LogP contribution in [0.4, 0.5) is 19.1 Å². The Bertz CT molecular complexity index is 1240. The Morgan fingerprint density at radius 2 is 1.94 bits per heavy atom. The summed E-state index contributed by atoms with van der Waals surface area (Å²) in [6, 6.07) is 3.17. The topological polar surface area (TPSA) is 105 Å². The Morgan fingerprint density at radius 1 is 1.23 bits per heavy atom. The van der Waals surface area contributed by atoms with Gasteiger partial charge in [0.1, 0.15) is 12.2 Å². The van der Waals surface area contributed by atoms with Gasteiger partial charge in [0.25, 0.3) is 0 Å². The van der Waals surface area contributed by atoms with E-state index in [4.69, 9.17) is 17.3 Å². The number of nitrogens with two attached hydrogens (primary N) is 1. The van der Waals surface area contributed by atoms with Crippen LogP contribution in [-0.2, 0) is 6.54 Å². The largest absolute Gasteiger partial charge is 0.409 e. The van der Waals surface area contributed by atoms with Crippen molar-refractivity contribution in [2.24, 2.45) is 22.7 Å². The Balaban J connectivity index is 1.94. The van der Waals surface area contributed by atoms with E-state index in [0.717, 1.165) is 30.6 Å². The van der Waals surface area contributed by atoms with Crippen LogP contribution >= 0.6 is 11.6 Å². The van der Waals surface area contributed by atoms with Gasteiger partial charge in [0.2, 0.25) is 5.95 Å². The van der Waals surface area contributed by atoms with Crippen LogP contribution in [0.25, 0.3) is 22.3 Å². The van der Waals surface area contributed by atoms with Crippen molar-refractivity contribution < 1.29 is 18.4 Å². The molecule has 1 aliphatic rings. The number of oxime groups is 1. The highest BCUT2D eigenvalue weighted by Gasteiger charge is 2.32. The van der Waals surface area contributed by atoms with Crippen LogP contribution < -0.4 is 10.6 Å². The molecule has 35 heavy (non-hydrogen) atoms. The molecule has 0 unspecified atom stereocenters. The van der Waals surface area contributed by atoms with Gasteiger partial charge in [-0.15, -0.1) is 0 Å². The molecule has 3 aromatic heterocycles. The van der Waals surface area contributed by atoms with Crippen LogP contribution in [0.5, 0.6) is 0 Å². The molecular formula is C23H27ClF3N7O. The molecule has 0 aromatic carbocycles. The van der Waals surface area contributed by atoms with Crippen LogP contribution in [0.15, 0.2) is 29.7 Å². The minimum Gasteiger partial charge on any atom is -0.409 e. The van der Waals surface area contributed by atoms with E-state index in [2.05, 4.69) is 27.0 Å². The molecule has 0 amide bonds. The molecule has 0 saturated heterocycles. The molecule has 3 N–H and O–H groups in total. The summed E-state index contributed by atoms with van der Waals surface area (Å²) in [6.07, 6.45) is 2.72. The first-order chi connectivity index (χ1) is 16.6. The Morgan fingerprint density at radius 3 is 2.57 bits per heavy atom. The fourth-order valence-corrected chi connectivity index (χ4v) is 4.82. The van der Waals surface area contributed by atoms with Crippen molar-refractivity contribution in [2.75, 3.05) is 18.5 Å². The molecule has 1 saturated carbocycles. The van der Waals surface area contributed by atoms with E-state index < -0.39 is 12.7 Å². The molecule has 188 valence electrons. The standard InChI is InChI=1S/C23H27ClF3N7O/c1-13-3-5-14(6-4-13)11-34-20-17(31-22(34)33(2)12-23(25,26)27)8-18(21(28)32-35)30-19(20)15-7-16(24)10-29-9-15/h7-10,13-14,35H,3-6,11-12H2,1-2H3,(H2,28,32). The number of anilines is 1. The SMILES string of the molecule is CC1CCC(Cn2c(N(C)CC(F)(F)F)nc3cc(C(N)=NO)nc(-c4cncc(Cl)c4)c32)CC1. The summed E-state index contributed by atoms with van der Waals surface area (Å²) >= 11 is 6.18. The molecule has 12 heteroatoms. The maximum Gasteiger partial charge on any atom is 0.406 e.